The fourth-order valence-electron chi connectivity index (χ4n) is 2.81. The Balaban J connectivity index is 1.46. The molecule has 1 atom stereocenters. The Morgan fingerprint density at radius 1 is 1.25 bits per heavy atom. The first-order valence-corrected chi connectivity index (χ1v) is 8.27. The highest BCUT2D eigenvalue weighted by Gasteiger charge is 2.21. The van der Waals surface area contributed by atoms with Gasteiger partial charge in [-0.25, -0.2) is 0 Å². The van der Waals surface area contributed by atoms with Crippen LogP contribution in [0.15, 0.2) is 41.1 Å². The molecular weight excluding hydrogens is 264 g/mol. The zero-order valence-electron chi connectivity index (χ0n) is 12.0. The summed E-state index contributed by atoms with van der Waals surface area (Å²) in [4.78, 5) is 2.55. The monoisotopic (exact) mass is 286 g/mol. The van der Waals surface area contributed by atoms with E-state index in [2.05, 4.69) is 58.2 Å². The van der Waals surface area contributed by atoms with Crippen LogP contribution in [-0.2, 0) is 13.1 Å². The van der Waals surface area contributed by atoms with E-state index in [0.29, 0.717) is 6.04 Å². The standard InChI is InChI=1S/C17H22N2S/c1-14-12-20-13-16(14)9-18-17-7-8-19(11-17)10-15-5-3-2-4-6-15/h2-6,12-13,17-18H,7-11H2,1H3. The molecule has 2 nitrogen and oxygen atoms in total. The average Bonchev–Trinajstić information content (AvgIpc) is 3.07. The average molecular weight is 286 g/mol. The Bertz CT molecular complexity index is 535. The van der Waals surface area contributed by atoms with Crippen LogP contribution >= 0.6 is 11.3 Å². The fourth-order valence-corrected chi connectivity index (χ4v) is 3.66. The van der Waals surface area contributed by atoms with Crippen molar-refractivity contribution in [1.29, 1.82) is 0 Å². The normalized spacial score (nSPS) is 19.6. The van der Waals surface area contributed by atoms with Gasteiger partial charge in [-0.15, -0.1) is 0 Å². The van der Waals surface area contributed by atoms with Gasteiger partial charge in [0.1, 0.15) is 0 Å². The highest BCUT2D eigenvalue weighted by Crippen LogP contribution is 2.16. The maximum atomic E-state index is 3.71. The molecule has 0 aliphatic carbocycles. The van der Waals surface area contributed by atoms with E-state index in [-0.39, 0.29) is 0 Å². The summed E-state index contributed by atoms with van der Waals surface area (Å²) in [5.41, 5.74) is 4.29. The Morgan fingerprint density at radius 2 is 2.10 bits per heavy atom. The predicted molar refractivity (Wildman–Crippen MR) is 86.0 cm³/mol. The van der Waals surface area contributed by atoms with Gasteiger partial charge in [-0.05, 0) is 40.8 Å². The number of nitrogens with zero attached hydrogens (tertiary/aromatic N) is 1. The highest BCUT2D eigenvalue weighted by atomic mass is 32.1. The van der Waals surface area contributed by atoms with Gasteiger partial charge in [0.15, 0.2) is 0 Å². The summed E-state index contributed by atoms with van der Waals surface area (Å²) in [7, 11) is 0. The zero-order valence-corrected chi connectivity index (χ0v) is 12.8. The van der Waals surface area contributed by atoms with Gasteiger partial charge >= 0.3 is 0 Å². The molecule has 2 heterocycles. The van der Waals surface area contributed by atoms with Crippen LogP contribution in [0.25, 0.3) is 0 Å². The molecule has 0 amide bonds. The Labute approximate surface area is 125 Å². The largest absolute Gasteiger partial charge is 0.309 e. The molecule has 1 aliphatic rings. The SMILES string of the molecule is Cc1cscc1CNC1CCN(Cc2ccccc2)C1. The lowest BCUT2D eigenvalue weighted by Gasteiger charge is -2.16. The zero-order chi connectivity index (χ0) is 13.8. The quantitative estimate of drug-likeness (QED) is 0.906. The van der Waals surface area contributed by atoms with Crippen LogP contribution < -0.4 is 5.32 Å². The lowest BCUT2D eigenvalue weighted by molar-refractivity contribution is 0.320. The first-order chi connectivity index (χ1) is 9.81. The molecule has 0 spiro atoms. The number of likely N-dealkylation sites (tertiary alicyclic amines) is 1. The van der Waals surface area contributed by atoms with Crippen molar-refractivity contribution in [2.24, 2.45) is 0 Å². The van der Waals surface area contributed by atoms with Gasteiger partial charge in [-0.1, -0.05) is 30.3 Å². The van der Waals surface area contributed by atoms with Gasteiger partial charge in [-0.3, -0.25) is 4.90 Å². The third-order valence-electron chi connectivity index (χ3n) is 4.06. The Morgan fingerprint density at radius 3 is 2.85 bits per heavy atom. The maximum Gasteiger partial charge on any atom is 0.0234 e. The molecule has 0 radical (unpaired) electrons. The van der Waals surface area contributed by atoms with Crippen LogP contribution in [0.1, 0.15) is 23.1 Å². The van der Waals surface area contributed by atoms with Gasteiger partial charge in [-0.2, -0.15) is 11.3 Å². The van der Waals surface area contributed by atoms with Crippen LogP contribution in [-0.4, -0.2) is 24.0 Å². The minimum atomic E-state index is 0.637. The van der Waals surface area contributed by atoms with Crippen LogP contribution in [0.5, 0.6) is 0 Å². The number of aryl methyl sites for hydroxylation is 1. The summed E-state index contributed by atoms with van der Waals surface area (Å²) in [6.45, 7) is 6.66. The summed E-state index contributed by atoms with van der Waals surface area (Å²) in [5, 5.41) is 8.20. The van der Waals surface area contributed by atoms with Crippen molar-refractivity contribution in [1.82, 2.24) is 10.2 Å². The van der Waals surface area contributed by atoms with E-state index >= 15 is 0 Å². The maximum absolute atomic E-state index is 3.71. The summed E-state index contributed by atoms with van der Waals surface area (Å²) in [6, 6.07) is 11.4. The second-order valence-corrected chi connectivity index (χ2v) is 6.41. The Kier molecular flexibility index (Phi) is 4.51. The number of thiophene rings is 1. The Hall–Kier alpha value is -1.16. The van der Waals surface area contributed by atoms with Crippen molar-refractivity contribution in [3.63, 3.8) is 0 Å². The van der Waals surface area contributed by atoms with Crippen molar-refractivity contribution in [3.8, 4) is 0 Å². The molecule has 3 heteroatoms. The fraction of sp³-hybridized carbons (Fsp3) is 0.412. The van der Waals surface area contributed by atoms with Crippen LogP contribution in [0.4, 0.5) is 0 Å². The van der Waals surface area contributed by atoms with Crippen molar-refractivity contribution in [2.45, 2.75) is 32.5 Å². The van der Waals surface area contributed by atoms with E-state index in [1.54, 1.807) is 11.3 Å². The van der Waals surface area contributed by atoms with Crippen LogP contribution in [0, 0.1) is 6.92 Å². The summed E-state index contributed by atoms with van der Waals surface area (Å²) in [6.07, 6.45) is 1.26. The first-order valence-electron chi connectivity index (χ1n) is 7.32. The van der Waals surface area contributed by atoms with E-state index in [1.165, 1.54) is 29.7 Å². The molecule has 1 aromatic heterocycles. The minimum Gasteiger partial charge on any atom is -0.309 e. The number of nitrogens with one attached hydrogen (secondary N) is 1. The van der Waals surface area contributed by atoms with E-state index in [4.69, 9.17) is 0 Å². The molecule has 3 rings (SSSR count). The summed E-state index contributed by atoms with van der Waals surface area (Å²) in [5.74, 6) is 0. The molecule has 1 saturated heterocycles. The lowest BCUT2D eigenvalue weighted by Crippen LogP contribution is -2.32. The molecule has 0 bridgehead atoms. The second-order valence-electron chi connectivity index (χ2n) is 5.67. The molecular formula is C17H22N2S. The molecule has 1 aromatic carbocycles. The lowest BCUT2D eigenvalue weighted by atomic mass is 10.2. The van der Waals surface area contributed by atoms with Gasteiger partial charge in [0.25, 0.3) is 0 Å². The van der Waals surface area contributed by atoms with Crippen molar-refractivity contribution in [3.05, 3.63) is 57.8 Å². The van der Waals surface area contributed by atoms with Crippen molar-refractivity contribution >= 4 is 11.3 Å². The van der Waals surface area contributed by atoms with E-state index in [0.717, 1.165) is 19.6 Å². The van der Waals surface area contributed by atoms with Crippen molar-refractivity contribution in [2.75, 3.05) is 13.1 Å². The highest BCUT2D eigenvalue weighted by molar-refractivity contribution is 7.08. The topological polar surface area (TPSA) is 15.3 Å². The molecule has 0 saturated carbocycles. The molecule has 1 fully saturated rings. The van der Waals surface area contributed by atoms with Gasteiger partial charge in [0.2, 0.25) is 0 Å². The van der Waals surface area contributed by atoms with Crippen LogP contribution in [0.2, 0.25) is 0 Å². The smallest absolute Gasteiger partial charge is 0.0234 e. The van der Waals surface area contributed by atoms with Crippen molar-refractivity contribution < 1.29 is 0 Å². The molecule has 2 aromatic rings. The molecule has 20 heavy (non-hydrogen) atoms. The van der Waals surface area contributed by atoms with Crippen LogP contribution in [0.3, 0.4) is 0 Å². The summed E-state index contributed by atoms with van der Waals surface area (Å²) >= 11 is 1.80. The molecule has 106 valence electrons. The summed E-state index contributed by atoms with van der Waals surface area (Å²) < 4.78 is 0. The minimum absolute atomic E-state index is 0.637. The number of benzene rings is 1. The molecule has 1 unspecified atom stereocenters. The predicted octanol–water partition coefficient (Wildman–Crippen LogP) is 3.42. The molecule has 1 N–H and O–H groups in total. The third kappa shape index (κ3) is 3.48. The van der Waals surface area contributed by atoms with Gasteiger partial charge < -0.3 is 5.32 Å². The first kappa shape index (κ1) is 13.8. The van der Waals surface area contributed by atoms with E-state index in [1.807, 2.05) is 0 Å². The number of hydrogen-bond donors (Lipinski definition) is 1. The van der Waals surface area contributed by atoms with Gasteiger partial charge in [0.05, 0.1) is 0 Å². The third-order valence-corrected chi connectivity index (χ3v) is 4.97. The second kappa shape index (κ2) is 6.53. The van der Waals surface area contributed by atoms with Gasteiger partial charge in [0, 0.05) is 32.2 Å². The van der Waals surface area contributed by atoms with E-state index in [9.17, 15) is 0 Å². The number of hydrogen-bond acceptors (Lipinski definition) is 3. The number of rotatable bonds is 5. The molecule has 1 aliphatic heterocycles. The van der Waals surface area contributed by atoms with E-state index < -0.39 is 0 Å².